The van der Waals surface area contributed by atoms with Crippen molar-refractivity contribution in [1.82, 2.24) is 14.6 Å². The summed E-state index contributed by atoms with van der Waals surface area (Å²) in [7, 11) is 0. The number of furan rings is 2. The average molecular weight is 709 g/mol. The van der Waals surface area contributed by atoms with Crippen molar-refractivity contribution in [2.75, 3.05) is 13.2 Å². The average Bonchev–Trinajstić information content (AvgIpc) is 3.82. The van der Waals surface area contributed by atoms with E-state index in [1.165, 1.54) is 30.7 Å². The second-order valence-electron chi connectivity index (χ2n) is 9.27. The molecule has 0 unspecified atom stereocenters. The van der Waals surface area contributed by atoms with Crippen LogP contribution < -0.4 is 0 Å². The topological polar surface area (TPSA) is 158 Å². The number of pyridine rings is 2. The molecule has 48 heavy (non-hydrogen) atoms. The highest BCUT2D eigenvalue weighted by Gasteiger charge is 2.33. The van der Waals surface area contributed by atoms with Gasteiger partial charge in [-0.05, 0) is 103 Å². The monoisotopic (exact) mass is 708 g/mol. The molecule has 250 valence electrons. The quantitative estimate of drug-likeness (QED) is 0.0265. The van der Waals surface area contributed by atoms with Crippen molar-refractivity contribution in [3.8, 4) is 22.6 Å². The predicted octanol–water partition coefficient (Wildman–Crippen LogP) is 8.90. The fraction of sp³-hybridized carbons (Fsp3) is 0.200. The van der Waals surface area contributed by atoms with E-state index in [1.54, 1.807) is 44.2 Å². The van der Waals surface area contributed by atoms with Gasteiger partial charge in [-0.25, -0.2) is 19.1 Å². The largest absolute Gasteiger partial charge is 0.464 e. The zero-order chi connectivity index (χ0) is 35.1. The van der Waals surface area contributed by atoms with E-state index >= 15 is 0 Å². The molecule has 12 nitrogen and oxygen atoms in total. The van der Waals surface area contributed by atoms with Crippen molar-refractivity contribution in [1.29, 1.82) is 0 Å². The molecule has 0 bridgehead atoms. The second kappa shape index (κ2) is 15.1. The van der Waals surface area contributed by atoms with Crippen molar-refractivity contribution >= 4 is 46.7 Å². The van der Waals surface area contributed by atoms with Crippen LogP contribution in [0.15, 0.2) is 86.8 Å². The Morgan fingerprint density at radius 2 is 1.58 bits per heavy atom. The highest BCUT2D eigenvalue weighted by molar-refractivity contribution is 6.22. The smallest absolute Gasteiger partial charge is 0.364 e. The van der Waals surface area contributed by atoms with Crippen LogP contribution in [0.5, 0.6) is 0 Å². The van der Waals surface area contributed by atoms with E-state index < -0.39 is 39.8 Å². The highest BCUT2D eigenvalue weighted by atomic mass is 35.5. The number of rotatable bonds is 10. The van der Waals surface area contributed by atoms with Gasteiger partial charge in [-0.1, -0.05) is 5.11 Å². The maximum absolute atomic E-state index is 13.7. The summed E-state index contributed by atoms with van der Waals surface area (Å²) in [5.74, 6) is -0.918. The minimum absolute atomic E-state index is 0.0436. The molecule has 5 heterocycles. The molecule has 0 atom stereocenters. The molecule has 0 saturated carbocycles. The third-order valence-corrected chi connectivity index (χ3v) is 6.39. The van der Waals surface area contributed by atoms with Gasteiger partial charge in [0, 0.05) is 16.0 Å². The minimum Gasteiger partial charge on any atom is -0.464 e. The van der Waals surface area contributed by atoms with Gasteiger partial charge in [0.05, 0.1) is 37.0 Å². The number of hydrogen-bond donors (Lipinski definition) is 0. The van der Waals surface area contributed by atoms with Crippen LogP contribution in [-0.2, 0) is 25.0 Å². The molecule has 0 aromatic carbocycles. The summed E-state index contributed by atoms with van der Waals surface area (Å²) in [4.78, 5) is 29.7. The number of hydrogen-bond acceptors (Lipinski definition) is 9. The molecular formula is C30H22Cl2F4N6O6. The summed E-state index contributed by atoms with van der Waals surface area (Å²) in [6.07, 6.45) is 3.82. The lowest BCUT2D eigenvalue weighted by Gasteiger charge is -2.11. The molecule has 5 aromatic rings. The Bertz CT molecular complexity index is 1980. The van der Waals surface area contributed by atoms with E-state index in [0.717, 1.165) is 16.7 Å². The molecule has 0 saturated heterocycles. The van der Waals surface area contributed by atoms with E-state index in [1.807, 2.05) is 0 Å². The molecule has 0 radical (unpaired) electrons. The van der Waals surface area contributed by atoms with Crippen molar-refractivity contribution in [2.24, 2.45) is 5.11 Å². The van der Waals surface area contributed by atoms with Crippen LogP contribution >= 0.6 is 23.2 Å². The van der Waals surface area contributed by atoms with E-state index in [4.69, 9.17) is 47.0 Å². The standard InChI is InChI=1S/C15H11ClF2N4O3.C15H11ClF2N2O3/c1-2-24-14(23)11(21-22-19)8-10-6-9(12-4-3-5-25-12)7-13(20-10)15(16,17)18;1-2-22-14(21)11-8-10-6-9(12-4-3-5-23-12)7-13(15(16,17)18)20(10)19-11/h3-8H,2H2,1H3;3-8H,2H2,1H3/b11-8-;. The van der Waals surface area contributed by atoms with Crippen molar-refractivity contribution in [3.63, 3.8) is 0 Å². The Kier molecular flexibility index (Phi) is 11.2. The summed E-state index contributed by atoms with van der Waals surface area (Å²) in [6, 6.07) is 12.9. The van der Waals surface area contributed by atoms with Crippen LogP contribution in [0.4, 0.5) is 17.6 Å². The normalized spacial score (nSPS) is 11.8. The van der Waals surface area contributed by atoms with Gasteiger partial charge < -0.3 is 18.3 Å². The Labute approximate surface area is 278 Å². The van der Waals surface area contributed by atoms with Gasteiger partial charge in [0.15, 0.2) is 5.69 Å². The summed E-state index contributed by atoms with van der Waals surface area (Å²) in [5, 5.41) is -0.338. The molecule has 0 fully saturated rings. The lowest BCUT2D eigenvalue weighted by Crippen LogP contribution is -2.12. The maximum atomic E-state index is 13.7. The summed E-state index contributed by atoms with van der Waals surface area (Å²) in [6.45, 7) is 3.40. The van der Waals surface area contributed by atoms with Crippen molar-refractivity contribution in [3.05, 3.63) is 106 Å². The van der Waals surface area contributed by atoms with Gasteiger partial charge in [-0.3, -0.25) is 0 Å². The minimum atomic E-state index is -3.74. The Hall–Kier alpha value is -5.31. The highest BCUT2D eigenvalue weighted by Crippen LogP contribution is 2.36. The molecular weight excluding hydrogens is 687 g/mol. The van der Waals surface area contributed by atoms with Gasteiger partial charge in [0.25, 0.3) is 0 Å². The number of aromatic nitrogens is 3. The third-order valence-electron chi connectivity index (χ3n) is 6.00. The van der Waals surface area contributed by atoms with Crippen LogP contribution in [0, 0.1) is 0 Å². The van der Waals surface area contributed by atoms with E-state index in [0.29, 0.717) is 17.1 Å². The summed E-state index contributed by atoms with van der Waals surface area (Å²) >= 11 is 10.2. The zero-order valence-electron chi connectivity index (χ0n) is 24.7. The number of ether oxygens (including phenoxy) is 2. The maximum Gasteiger partial charge on any atom is 0.364 e. The summed E-state index contributed by atoms with van der Waals surface area (Å²) in [5.41, 5.74) is 7.56. The number of fused-ring (bicyclic) bond motifs is 1. The molecule has 5 aromatic heterocycles. The van der Waals surface area contributed by atoms with E-state index in [2.05, 4.69) is 20.1 Å². The number of halogens is 6. The van der Waals surface area contributed by atoms with Gasteiger partial charge in [-0.2, -0.15) is 22.7 Å². The van der Waals surface area contributed by atoms with E-state index in [9.17, 15) is 27.2 Å². The SMILES string of the molecule is CCOC(=O)/C(=C/c1cc(-c2ccco2)cc(C(F)(F)Cl)n1)N=[N+]=[N-].CCOC(=O)c1cc2cc(-c3ccco3)cc(C(F)(F)Cl)n2n1. The van der Waals surface area contributed by atoms with Gasteiger partial charge in [-0.15, -0.1) is 0 Å². The molecule has 0 aliphatic rings. The first-order valence-electron chi connectivity index (χ1n) is 13.6. The Balaban J connectivity index is 0.000000217. The fourth-order valence-electron chi connectivity index (χ4n) is 4.07. The molecule has 0 amide bonds. The number of carbonyl (C=O) groups is 2. The van der Waals surface area contributed by atoms with Crippen LogP contribution in [0.1, 0.15) is 41.4 Å². The lowest BCUT2D eigenvalue weighted by molar-refractivity contribution is -0.138. The first-order chi connectivity index (χ1) is 22.7. The van der Waals surface area contributed by atoms with Gasteiger partial charge in [0.1, 0.15) is 28.6 Å². The first-order valence-corrected chi connectivity index (χ1v) is 14.4. The van der Waals surface area contributed by atoms with Crippen molar-refractivity contribution < 1.29 is 45.5 Å². The molecule has 0 aliphatic carbocycles. The third kappa shape index (κ3) is 8.73. The molecule has 18 heteroatoms. The van der Waals surface area contributed by atoms with Crippen molar-refractivity contribution in [2.45, 2.75) is 24.6 Å². The Morgan fingerprint density at radius 3 is 2.10 bits per heavy atom. The number of esters is 2. The lowest BCUT2D eigenvalue weighted by atomic mass is 10.1. The molecule has 0 N–H and O–H groups in total. The fourth-order valence-corrected chi connectivity index (χ4v) is 4.30. The number of azide groups is 1. The van der Waals surface area contributed by atoms with E-state index in [-0.39, 0.29) is 35.7 Å². The van der Waals surface area contributed by atoms with Gasteiger partial charge in [0.2, 0.25) is 0 Å². The molecule has 0 spiro atoms. The van der Waals surface area contributed by atoms with Crippen LogP contribution in [0.2, 0.25) is 0 Å². The van der Waals surface area contributed by atoms with Crippen LogP contribution in [0.3, 0.4) is 0 Å². The Morgan fingerprint density at radius 1 is 0.958 bits per heavy atom. The molecule has 5 rings (SSSR count). The van der Waals surface area contributed by atoms with Crippen LogP contribution in [0.25, 0.3) is 44.7 Å². The number of carbonyl (C=O) groups excluding carboxylic acids is 2. The predicted molar refractivity (Wildman–Crippen MR) is 164 cm³/mol. The zero-order valence-corrected chi connectivity index (χ0v) is 26.3. The number of alkyl halides is 6. The number of nitrogens with zero attached hydrogens (tertiary/aromatic N) is 6. The summed E-state index contributed by atoms with van der Waals surface area (Å²) < 4.78 is 75.3. The van der Waals surface area contributed by atoms with Gasteiger partial charge >= 0.3 is 22.7 Å². The first kappa shape index (κ1) is 35.5. The molecule has 0 aliphatic heterocycles. The van der Waals surface area contributed by atoms with Crippen LogP contribution in [-0.4, -0.2) is 39.8 Å². The second-order valence-corrected chi connectivity index (χ2v) is 10.2.